The lowest BCUT2D eigenvalue weighted by molar-refractivity contribution is 0.0506. The van der Waals surface area contributed by atoms with Crippen molar-refractivity contribution in [1.82, 2.24) is 0 Å². The lowest BCUT2D eigenvalue weighted by atomic mass is 9.80. The summed E-state index contributed by atoms with van der Waals surface area (Å²) < 4.78 is 0.333. The summed E-state index contributed by atoms with van der Waals surface area (Å²) in [5.74, 6) is 0. The van der Waals surface area contributed by atoms with Gasteiger partial charge in [0.05, 0.1) is 5.60 Å². The first-order valence-electron chi connectivity index (χ1n) is 4.57. The maximum absolute atomic E-state index is 10.3. The predicted molar refractivity (Wildman–Crippen MR) is 62.1 cm³/mol. The Hall–Kier alpha value is -0.0900. The summed E-state index contributed by atoms with van der Waals surface area (Å²) in [5, 5.41) is 10.3. The topological polar surface area (TPSA) is 20.2 Å². The fourth-order valence-corrected chi connectivity index (χ4v) is 2.61. The molecule has 1 nitrogen and oxygen atoms in total. The van der Waals surface area contributed by atoms with Crippen molar-refractivity contribution in [2.45, 2.75) is 29.3 Å². The van der Waals surface area contributed by atoms with E-state index in [9.17, 15) is 5.11 Å². The van der Waals surface area contributed by atoms with Crippen LogP contribution in [0.25, 0.3) is 0 Å². The molecule has 0 radical (unpaired) electrons. The van der Waals surface area contributed by atoms with Crippen molar-refractivity contribution < 1.29 is 5.11 Å². The van der Waals surface area contributed by atoms with Crippen LogP contribution in [0, 0.1) is 0 Å². The fraction of sp³-hybridized carbons (Fsp3) is 0.455. The smallest absolute Gasteiger partial charge is 0.0988 e. The third kappa shape index (κ3) is 1.50. The quantitative estimate of drug-likeness (QED) is 0.575. The zero-order valence-corrected chi connectivity index (χ0v) is 9.78. The number of hydrogen-bond acceptors (Lipinski definition) is 1. The van der Waals surface area contributed by atoms with Crippen LogP contribution in [0.2, 0.25) is 0 Å². The fourth-order valence-electron chi connectivity index (χ4n) is 1.96. The molecule has 0 aliphatic heterocycles. The number of alkyl halides is 1. The Labute approximate surface area is 92.3 Å². The summed E-state index contributed by atoms with van der Waals surface area (Å²) in [6.45, 7) is 1.92. The first-order chi connectivity index (χ1) is 6.12. The SMILES string of the molecule is C[C@]1(O)c2ccccc2CC[C@@H]1I. The molecule has 0 unspecified atom stereocenters. The summed E-state index contributed by atoms with van der Waals surface area (Å²) in [5.41, 5.74) is 1.77. The molecule has 0 bridgehead atoms. The zero-order valence-electron chi connectivity index (χ0n) is 7.63. The minimum absolute atomic E-state index is 0.333. The normalized spacial score (nSPS) is 32.7. The summed E-state index contributed by atoms with van der Waals surface area (Å²) in [4.78, 5) is 0. The van der Waals surface area contributed by atoms with Gasteiger partial charge in [-0.2, -0.15) is 0 Å². The van der Waals surface area contributed by atoms with Crippen LogP contribution < -0.4 is 0 Å². The Bertz CT molecular complexity index is 320. The van der Waals surface area contributed by atoms with Crippen molar-refractivity contribution in [1.29, 1.82) is 0 Å². The monoisotopic (exact) mass is 288 g/mol. The Morgan fingerprint density at radius 3 is 2.92 bits per heavy atom. The van der Waals surface area contributed by atoms with E-state index in [-0.39, 0.29) is 0 Å². The van der Waals surface area contributed by atoms with E-state index in [1.165, 1.54) is 5.56 Å². The van der Waals surface area contributed by atoms with E-state index in [0.29, 0.717) is 3.92 Å². The minimum atomic E-state index is -0.643. The Kier molecular flexibility index (Phi) is 2.36. The Morgan fingerprint density at radius 2 is 2.15 bits per heavy atom. The van der Waals surface area contributed by atoms with E-state index in [2.05, 4.69) is 28.7 Å². The molecule has 0 fully saturated rings. The summed E-state index contributed by atoms with van der Waals surface area (Å²) in [6, 6.07) is 8.21. The Morgan fingerprint density at radius 1 is 1.46 bits per heavy atom. The van der Waals surface area contributed by atoms with Crippen LogP contribution in [0.3, 0.4) is 0 Å². The molecule has 0 saturated carbocycles. The van der Waals surface area contributed by atoms with Gasteiger partial charge in [0.2, 0.25) is 0 Å². The third-order valence-corrected chi connectivity index (χ3v) is 4.68. The van der Waals surface area contributed by atoms with Crippen LogP contribution in [0.15, 0.2) is 24.3 Å². The highest BCUT2D eigenvalue weighted by Crippen LogP contribution is 2.39. The van der Waals surface area contributed by atoms with E-state index >= 15 is 0 Å². The van der Waals surface area contributed by atoms with Gasteiger partial charge in [-0.1, -0.05) is 46.9 Å². The summed E-state index contributed by atoms with van der Waals surface area (Å²) in [7, 11) is 0. The van der Waals surface area contributed by atoms with Crippen molar-refractivity contribution in [2.24, 2.45) is 0 Å². The molecule has 1 N–H and O–H groups in total. The van der Waals surface area contributed by atoms with Gasteiger partial charge >= 0.3 is 0 Å². The lowest BCUT2D eigenvalue weighted by Gasteiger charge is -2.35. The number of aryl methyl sites for hydroxylation is 1. The highest BCUT2D eigenvalue weighted by atomic mass is 127. The largest absolute Gasteiger partial charge is 0.384 e. The van der Waals surface area contributed by atoms with E-state index in [0.717, 1.165) is 18.4 Å². The molecule has 1 aliphatic carbocycles. The van der Waals surface area contributed by atoms with E-state index in [1.807, 2.05) is 25.1 Å². The van der Waals surface area contributed by atoms with Gasteiger partial charge in [0, 0.05) is 3.92 Å². The van der Waals surface area contributed by atoms with Crippen LogP contribution in [-0.2, 0) is 12.0 Å². The molecule has 0 spiro atoms. The maximum Gasteiger partial charge on any atom is 0.0988 e. The molecule has 0 amide bonds. The average molecular weight is 288 g/mol. The first kappa shape index (κ1) is 9.46. The molecule has 0 aromatic heterocycles. The number of rotatable bonds is 0. The van der Waals surface area contributed by atoms with Crippen LogP contribution in [-0.4, -0.2) is 9.03 Å². The van der Waals surface area contributed by atoms with Crippen LogP contribution in [0.4, 0.5) is 0 Å². The van der Waals surface area contributed by atoms with Crippen molar-refractivity contribution in [3.8, 4) is 0 Å². The second-order valence-corrected chi connectivity index (χ2v) is 5.31. The number of aliphatic hydroxyl groups is 1. The highest BCUT2D eigenvalue weighted by molar-refractivity contribution is 14.1. The highest BCUT2D eigenvalue weighted by Gasteiger charge is 2.36. The van der Waals surface area contributed by atoms with Gasteiger partial charge in [0.15, 0.2) is 0 Å². The number of halogens is 1. The van der Waals surface area contributed by atoms with Crippen molar-refractivity contribution in [3.05, 3.63) is 35.4 Å². The van der Waals surface area contributed by atoms with Gasteiger partial charge in [0.1, 0.15) is 0 Å². The Balaban J connectivity index is 2.52. The van der Waals surface area contributed by atoms with Gasteiger partial charge in [-0.25, -0.2) is 0 Å². The standard InChI is InChI=1S/C11H13IO/c1-11(13)9-5-3-2-4-8(9)6-7-10(11)12/h2-5,10,13H,6-7H2,1H3/t10-,11-/m0/s1. The molecule has 0 heterocycles. The zero-order chi connectivity index (χ0) is 9.47. The van der Waals surface area contributed by atoms with Gasteiger partial charge in [0.25, 0.3) is 0 Å². The average Bonchev–Trinajstić information content (AvgIpc) is 2.13. The first-order valence-corrected chi connectivity index (χ1v) is 5.82. The number of fused-ring (bicyclic) bond motifs is 1. The molecule has 70 valence electrons. The van der Waals surface area contributed by atoms with Crippen LogP contribution in [0.5, 0.6) is 0 Å². The molecule has 2 atom stereocenters. The molecular weight excluding hydrogens is 275 g/mol. The number of benzene rings is 1. The van der Waals surface area contributed by atoms with Gasteiger partial charge in [-0.05, 0) is 30.9 Å². The lowest BCUT2D eigenvalue weighted by Crippen LogP contribution is -2.37. The second-order valence-electron chi connectivity index (χ2n) is 3.81. The van der Waals surface area contributed by atoms with Gasteiger partial charge < -0.3 is 5.11 Å². The molecule has 2 rings (SSSR count). The van der Waals surface area contributed by atoms with Crippen LogP contribution >= 0.6 is 22.6 Å². The van der Waals surface area contributed by atoms with Gasteiger partial charge in [-0.3, -0.25) is 0 Å². The number of hydrogen-bond donors (Lipinski definition) is 1. The molecule has 2 heteroatoms. The van der Waals surface area contributed by atoms with E-state index < -0.39 is 5.60 Å². The molecule has 1 aromatic carbocycles. The minimum Gasteiger partial charge on any atom is -0.384 e. The van der Waals surface area contributed by atoms with Crippen molar-refractivity contribution >= 4 is 22.6 Å². The molecule has 0 saturated heterocycles. The van der Waals surface area contributed by atoms with Crippen molar-refractivity contribution in [2.75, 3.05) is 0 Å². The third-order valence-electron chi connectivity index (χ3n) is 2.84. The molecule has 1 aromatic rings. The van der Waals surface area contributed by atoms with Crippen molar-refractivity contribution in [3.63, 3.8) is 0 Å². The maximum atomic E-state index is 10.3. The summed E-state index contributed by atoms with van der Waals surface area (Å²) in [6.07, 6.45) is 2.17. The molecular formula is C11H13IO. The second kappa shape index (κ2) is 3.24. The molecule has 1 aliphatic rings. The van der Waals surface area contributed by atoms with Gasteiger partial charge in [-0.15, -0.1) is 0 Å². The summed E-state index contributed by atoms with van der Waals surface area (Å²) >= 11 is 2.35. The van der Waals surface area contributed by atoms with Crippen LogP contribution in [0.1, 0.15) is 24.5 Å². The van der Waals surface area contributed by atoms with E-state index in [1.54, 1.807) is 0 Å². The predicted octanol–water partition coefficient (Wildman–Crippen LogP) is 2.64. The molecule has 13 heavy (non-hydrogen) atoms. The van der Waals surface area contributed by atoms with E-state index in [4.69, 9.17) is 0 Å².